The van der Waals surface area contributed by atoms with Crippen LogP contribution in [0, 0.1) is 6.92 Å². The van der Waals surface area contributed by atoms with Gasteiger partial charge in [0, 0.05) is 11.6 Å². The average molecular weight is 254 g/mol. The van der Waals surface area contributed by atoms with Crippen molar-refractivity contribution in [2.75, 3.05) is 6.54 Å². The Hall–Kier alpha value is -0.940. The van der Waals surface area contributed by atoms with Crippen LogP contribution in [0.2, 0.25) is 5.02 Å². The van der Waals surface area contributed by atoms with Gasteiger partial charge in [-0.25, -0.2) is 0 Å². The second-order valence-electron chi connectivity index (χ2n) is 3.29. The molecule has 2 N–H and O–H groups in total. The van der Waals surface area contributed by atoms with Gasteiger partial charge < -0.3 is 10.5 Å². The number of alkyl halides is 3. The van der Waals surface area contributed by atoms with Gasteiger partial charge in [0.05, 0.1) is 0 Å². The van der Waals surface area contributed by atoms with Gasteiger partial charge in [-0.1, -0.05) is 17.7 Å². The third-order valence-corrected chi connectivity index (χ3v) is 2.23. The highest BCUT2D eigenvalue weighted by molar-refractivity contribution is 6.30. The summed E-state index contributed by atoms with van der Waals surface area (Å²) >= 11 is 5.67. The van der Waals surface area contributed by atoms with Crippen molar-refractivity contribution < 1.29 is 17.9 Å². The molecule has 0 aliphatic heterocycles. The molecule has 0 amide bonds. The highest BCUT2D eigenvalue weighted by Gasteiger charge is 2.40. The summed E-state index contributed by atoms with van der Waals surface area (Å²) < 4.78 is 42.0. The van der Waals surface area contributed by atoms with Gasteiger partial charge in [-0.15, -0.1) is 0 Å². The molecule has 0 aliphatic rings. The van der Waals surface area contributed by atoms with Crippen LogP contribution in [0.5, 0.6) is 5.75 Å². The molecule has 90 valence electrons. The maximum Gasteiger partial charge on any atom is 0.426 e. The van der Waals surface area contributed by atoms with Gasteiger partial charge in [-0.3, -0.25) is 0 Å². The van der Waals surface area contributed by atoms with Crippen LogP contribution in [0.15, 0.2) is 18.2 Å². The minimum Gasteiger partial charge on any atom is -0.479 e. The van der Waals surface area contributed by atoms with Crippen molar-refractivity contribution in [2.24, 2.45) is 5.73 Å². The third-order valence-electron chi connectivity index (χ3n) is 2.00. The summed E-state index contributed by atoms with van der Waals surface area (Å²) in [5.41, 5.74) is 5.59. The Morgan fingerprint density at radius 3 is 2.56 bits per heavy atom. The molecule has 0 fully saturated rings. The van der Waals surface area contributed by atoms with E-state index in [-0.39, 0.29) is 5.75 Å². The van der Waals surface area contributed by atoms with E-state index < -0.39 is 18.8 Å². The van der Waals surface area contributed by atoms with Gasteiger partial charge in [0.2, 0.25) is 6.10 Å². The summed E-state index contributed by atoms with van der Waals surface area (Å²) in [6, 6.07) is 4.50. The zero-order valence-electron chi connectivity index (χ0n) is 8.51. The number of aryl methyl sites for hydroxylation is 1. The normalized spacial score (nSPS) is 13.6. The Morgan fingerprint density at radius 1 is 1.44 bits per heavy atom. The maximum atomic E-state index is 12.4. The molecule has 0 bridgehead atoms. The van der Waals surface area contributed by atoms with Gasteiger partial charge >= 0.3 is 6.18 Å². The first-order valence-corrected chi connectivity index (χ1v) is 4.92. The number of nitrogens with two attached hydrogens (primary N) is 1. The Balaban J connectivity index is 2.90. The first kappa shape index (κ1) is 13.1. The minimum atomic E-state index is -4.48. The Bertz CT molecular complexity index is 368. The van der Waals surface area contributed by atoms with E-state index in [1.165, 1.54) is 6.07 Å². The van der Waals surface area contributed by atoms with Crippen LogP contribution in [0.4, 0.5) is 13.2 Å². The fourth-order valence-corrected chi connectivity index (χ4v) is 1.26. The summed E-state index contributed by atoms with van der Waals surface area (Å²) in [7, 11) is 0. The van der Waals surface area contributed by atoms with Crippen LogP contribution in [-0.2, 0) is 0 Å². The monoisotopic (exact) mass is 253 g/mol. The fraction of sp³-hybridized carbons (Fsp3) is 0.400. The number of benzene rings is 1. The first-order valence-electron chi connectivity index (χ1n) is 4.54. The molecule has 0 aliphatic carbocycles. The van der Waals surface area contributed by atoms with Gasteiger partial charge in [0.25, 0.3) is 0 Å². The standard InChI is InChI=1S/C10H11ClF3NO/c1-6-2-3-7(11)4-8(6)16-9(5-15)10(12,13)14/h2-4,9H,5,15H2,1H3. The van der Waals surface area contributed by atoms with E-state index in [2.05, 4.69) is 0 Å². The molecule has 1 aromatic carbocycles. The quantitative estimate of drug-likeness (QED) is 0.899. The molecular weight excluding hydrogens is 243 g/mol. The molecule has 1 atom stereocenters. The van der Waals surface area contributed by atoms with Crippen molar-refractivity contribution in [1.82, 2.24) is 0 Å². The smallest absolute Gasteiger partial charge is 0.426 e. The first-order chi connectivity index (χ1) is 7.34. The van der Waals surface area contributed by atoms with Crippen LogP contribution in [0.3, 0.4) is 0 Å². The SMILES string of the molecule is Cc1ccc(Cl)cc1OC(CN)C(F)(F)F. The van der Waals surface area contributed by atoms with Gasteiger partial charge in [0.1, 0.15) is 5.75 Å². The third kappa shape index (κ3) is 3.28. The van der Waals surface area contributed by atoms with Crippen molar-refractivity contribution in [1.29, 1.82) is 0 Å². The van der Waals surface area contributed by atoms with Gasteiger partial charge in [0.15, 0.2) is 0 Å². The Morgan fingerprint density at radius 2 is 2.06 bits per heavy atom. The van der Waals surface area contributed by atoms with E-state index in [0.717, 1.165) is 0 Å². The zero-order valence-corrected chi connectivity index (χ0v) is 9.27. The van der Waals surface area contributed by atoms with Crippen molar-refractivity contribution in [3.05, 3.63) is 28.8 Å². The molecule has 1 unspecified atom stereocenters. The number of rotatable bonds is 3. The largest absolute Gasteiger partial charge is 0.479 e. The van der Waals surface area contributed by atoms with Gasteiger partial charge in [-0.05, 0) is 24.6 Å². The van der Waals surface area contributed by atoms with Crippen molar-refractivity contribution >= 4 is 11.6 Å². The van der Waals surface area contributed by atoms with Gasteiger partial charge in [-0.2, -0.15) is 13.2 Å². The van der Waals surface area contributed by atoms with Crippen LogP contribution in [-0.4, -0.2) is 18.8 Å². The number of ether oxygens (including phenoxy) is 1. The predicted octanol–water partition coefficient (Wildman–Crippen LogP) is 2.92. The van der Waals surface area contributed by atoms with Crippen molar-refractivity contribution in [2.45, 2.75) is 19.2 Å². The molecule has 0 heterocycles. The number of hydrogen-bond acceptors (Lipinski definition) is 2. The van der Waals surface area contributed by atoms with E-state index in [1.807, 2.05) is 0 Å². The second-order valence-corrected chi connectivity index (χ2v) is 3.73. The Kier molecular flexibility index (Phi) is 4.04. The molecule has 0 spiro atoms. The second kappa shape index (κ2) is 4.93. The maximum absolute atomic E-state index is 12.4. The zero-order chi connectivity index (χ0) is 12.3. The van der Waals surface area contributed by atoms with E-state index in [4.69, 9.17) is 22.1 Å². The van der Waals surface area contributed by atoms with Crippen LogP contribution in [0.25, 0.3) is 0 Å². The van der Waals surface area contributed by atoms with E-state index >= 15 is 0 Å². The molecule has 1 rings (SSSR count). The summed E-state index contributed by atoms with van der Waals surface area (Å²) in [6.45, 7) is 1.01. The lowest BCUT2D eigenvalue weighted by Gasteiger charge is -2.21. The molecule has 2 nitrogen and oxygen atoms in total. The average Bonchev–Trinajstić information content (AvgIpc) is 2.17. The minimum absolute atomic E-state index is 0.0975. The number of halogens is 4. The molecule has 0 saturated heterocycles. The summed E-state index contributed by atoms with van der Waals surface area (Å²) in [6.07, 6.45) is -6.49. The molecule has 0 aromatic heterocycles. The molecule has 1 aromatic rings. The van der Waals surface area contributed by atoms with Crippen LogP contribution < -0.4 is 10.5 Å². The summed E-state index contributed by atoms with van der Waals surface area (Å²) in [5, 5.41) is 0.318. The molecule has 0 radical (unpaired) electrons. The highest BCUT2D eigenvalue weighted by Crippen LogP contribution is 2.28. The summed E-state index contributed by atoms with van der Waals surface area (Å²) in [5.74, 6) is 0.0975. The highest BCUT2D eigenvalue weighted by atomic mass is 35.5. The molecule has 6 heteroatoms. The van der Waals surface area contributed by atoms with Crippen LogP contribution >= 0.6 is 11.6 Å². The molecular formula is C10H11ClF3NO. The van der Waals surface area contributed by atoms with Crippen molar-refractivity contribution in [3.8, 4) is 5.75 Å². The summed E-state index contributed by atoms with van der Waals surface area (Å²) in [4.78, 5) is 0. The van der Waals surface area contributed by atoms with E-state index in [1.54, 1.807) is 19.1 Å². The van der Waals surface area contributed by atoms with Crippen LogP contribution in [0.1, 0.15) is 5.56 Å². The van der Waals surface area contributed by atoms with E-state index in [0.29, 0.717) is 10.6 Å². The molecule has 16 heavy (non-hydrogen) atoms. The lowest BCUT2D eigenvalue weighted by molar-refractivity contribution is -0.191. The lowest BCUT2D eigenvalue weighted by Crippen LogP contribution is -2.40. The fourth-order valence-electron chi connectivity index (χ4n) is 1.10. The number of hydrogen-bond donors (Lipinski definition) is 1. The predicted molar refractivity (Wildman–Crippen MR) is 55.7 cm³/mol. The Labute approximate surface area is 96.1 Å². The lowest BCUT2D eigenvalue weighted by atomic mass is 10.2. The van der Waals surface area contributed by atoms with E-state index in [9.17, 15) is 13.2 Å². The van der Waals surface area contributed by atoms with Crippen molar-refractivity contribution in [3.63, 3.8) is 0 Å². The molecule has 0 saturated carbocycles. The topological polar surface area (TPSA) is 35.2 Å².